The van der Waals surface area contributed by atoms with Crippen LogP contribution in [-0.2, 0) is 4.79 Å². The molecule has 1 saturated heterocycles. The predicted octanol–water partition coefficient (Wildman–Crippen LogP) is 3.10. The van der Waals surface area contributed by atoms with E-state index in [1.807, 2.05) is 6.08 Å². The molecule has 208 valence electrons. The first-order chi connectivity index (χ1) is 19.4. The molecule has 3 aromatic rings. The number of primary amides is 1. The summed E-state index contributed by atoms with van der Waals surface area (Å²) >= 11 is 0. The normalized spacial score (nSPS) is 17.3. The standard InChI is InChI=1S/C28H32N8O4/c1-39-21-11-20(12-22(13-21)40-2)33-25-23(24(30)37)26-31-7-9-36(26)28(34-25)32-15-18-4-3-8-35(16-18)27(38)19(14-29)10-17-5-6-17/h7,9-13,17-18,33H,3-6,8,15-16H2,1-2H3,(H2,30,37)(H,32,34). The van der Waals surface area contributed by atoms with Gasteiger partial charge in [0.25, 0.3) is 11.8 Å². The molecule has 2 aromatic heterocycles. The lowest BCUT2D eigenvalue weighted by Crippen LogP contribution is -2.42. The summed E-state index contributed by atoms with van der Waals surface area (Å²) in [6.07, 6.45) is 8.94. The number of nitrogens with one attached hydrogen (secondary N) is 2. The van der Waals surface area contributed by atoms with Crippen molar-refractivity contribution in [1.29, 1.82) is 5.26 Å². The Kier molecular flexibility index (Phi) is 7.72. The lowest BCUT2D eigenvalue weighted by Gasteiger charge is -2.33. The van der Waals surface area contributed by atoms with Crippen LogP contribution in [0, 0.1) is 23.2 Å². The first-order valence-electron chi connectivity index (χ1n) is 13.2. The van der Waals surface area contributed by atoms with E-state index in [9.17, 15) is 14.9 Å². The Morgan fingerprint density at radius 2 is 1.95 bits per heavy atom. The SMILES string of the molecule is COc1cc(Nc2nc(NCC3CCCN(C(=O)C(C#N)=CC4CC4)C3)n3ccnc3c2C(N)=O)cc(OC)c1. The van der Waals surface area contributed by atoms with E-state index < -0.39 is 5.91 Å². The molecule has 1 aliphatic carbocycles. The van der Waals surface area contributed by atoms with Gasteiger partial charge in [-0.15, -0.1) is 0 Å². The van der Waals surface area contributed by atoms with E-state index >= 15 is 0 Å². The molecule has 4 N–H and O–H groups in total. The summed E-state index contributed by atoms with van der Waals surface area (Å²) in [6.45, 7) is 1.70. The summed E-state index contributed by atoms with van der Waals surface area (Å²) < 4.78 is 12.4. The first-order valence-corrected chi connectivity index (χ1v) is 13.2. The number of fused-ring (bicyclic) bond motifs is 1. The van der Waals surface area contributed by atoms with Crippen LogP contribution < -0.4 is 25.8 Å². The molecule has 2 fully saturated rings. The number of hydrogen-bond acceptors (Lipinski definition) is 9. The molecule has 1 unspecified atom stereocenters. The number of nitrogens with zero attached hydrogens (tertiary/aromatic N) is 5. The van der Waals surface area contributed by atoms with Crippen LogP contribution in [0.1, 0.15) is 36.0 Å². The molecule has 12 heteroatoms. The third kappa shape index (κ3) is 5.78. The van der Waals surface area contributed by atoms with Gasteiger partial charge in [0, 0.05) is 55.9 Å². The molecule has 0 radical (unpaired) electrons. The zero-order valence-corrected chi connectivity index (χ0v) is 22.5. The van der Waals surface area contributed by atoms with E-state index in [1.54, 1.807) is 54.1 Å². The van der Waals surface area contributed by atoms with Crippen LogP contribution in [0.15, 0.2) is 42.2 Å². The Balaban J connectivity index is 1.38. The number of aromatic nitrogens is 3. The number of nitrogens with two attached hydrogens (primary N) is 1. The second-order valence-corrected chi connectivity index (χ2v) is 10.0. The van der Waals surface area contributed by atoms with E-state index in [1.165, 1.54) is 0 Å². The van der Waals surface area contributed by atoms with Crippen LogP contribution in [0.2, 0.25) is 0 Å². The molecule has 0 bridgehead atoms. The minimum Gasteiger partial charge on any atom is -0.497 e. The first kappa shape index (κ1) is 26.8. The lowest BCUT2D eigenvalue weighted by atomic mass is 9.97. The second-order valence-electron chi connectivity index (χ2n) is 10.0. The van der Waals surface area contributed by atoms with Crippen LogP contribution in [0.25, 0.3) is 5.65 Å². The summed E-state index contributed by atoms with van der Waals surface area (Å²) in [5.74, 6) is 1.44. The van der Waals surface area contributed by atoms with Gasteiger partial charge >= 0.3 is 0 Å². The Morgan fingerprint density at radius 3 is 2.60 bits per heavy atom. The Hall–Kier alpha value is -4.79. The molecule has 2 amide bonds. The largest absolute Gasteiger partial charge is 0.497 e. The van der Waals surface area contributed by atoms with Crippen LogP contribution in [0.3, 0.4) is 0 Å². The molecule has 1 atom stereocenters. The van der Waals surface area contributed by atoms with Crippen molar-refractivity contribution in [2.75, 3.05) is 44.5 Å². The number of rotatable bonds is 10. The van der Waals surface area contributed by atoms with Gasteiger partial charge in [0.2, 0.25) is 5.95 Å². The molecular weight excluding hydrogens is 512 g/mol. The van der Waals surface area contributed by atoms with Crippen LogP contribution in [0.4, 0.5) is 17.5 Å². The highest BCUT2D eigenvalue weighted by atomic mass is 16.5. The second kappa shape index (κ2) is 11.5. The maximum Gasteiger partial charge on any atom is 0.264 e. The zero-order valence-electron chi connectivity index (χ0n) is 22.5. The Bertz CT molecular complexity index is 1480. The minimum absolute atomic E-state index is 0.137. The summed E-state index contributed by atoms with van der Waals surface area (Å²) in [5, 5.41) is 16.1. The van der Waals surface area contributed by atoms with Gasteiger partial charge in [0.1, 0.15) is 28.7 Å². The van der Waals surface area contributed by atoms with Gasteiger partial charge in [0.05, 0.1) is 14.2 Å². The van der Waals surface area contributed by atoms with Gasteiger partial charge in [-0.25, -0.2) is 4.98 Å². The van der Waals surface area contributed by atoms with Crippen molar-refractivity contribution in [3.63, 3.8) is 0 Å². The Labute approximate surface area is 231 Å². The number of anilines is 3. The van der Waals surface area contributed by atoms with Crippen molar-refractivity contribution in [2.45, 2.75) is 25.7 Å². The molecule has 12 nitrogen and oxygen atoms in total. The molecule has 3 heterocycles. The van der Waals surface area contributed by atoms with Gasteiger partial charge in [-0.1, -0.05) is 6.08 Å². The highest BCUT2D eigenvalue weighted by molar-refractivity contribution is 6.04. The smallest absolute Gasteiger partial charge is 0.264 e. The number of ether oxygens (including phenoxy) is 2. The molecule has 5 rings (SSSR count). The van der Waals surface area contributed by atoms with Crippen molar-refractivity contribution in [3.05, 3.63) is 47.8 Å². The molecule has 2 aliphatic rings. The fourth-order valence-corrected chi connectivity index (χ4v) is 4.92. The number of benzene rings is 1. The Morgan fingerprint density at radius 1 is 1.20 bits per heavy atom. The number of piperidine rings is 1. The highest BCUT2D eigenvalue weighted by Gasteiger charge is 2.28. The van der Waals surface area contributed by atoms with E-state index in [-0.39, 0.29) is 28.8 Å². The van der Waals surface area contributed by atoms with Crippen LogP contribution >= 0.6 is 0 Å². The summed E-state index contributed by atoms with van der Waals surface area (Å²) in [7, 11) is 3.10. The van der Waals surface area contributed by atoms with E-state index in [4.69, 9.17) is 20.2 Å². The summed E-state index contributed by atoms with van der Waals surface area (Å²) in [5.41, 5.74) is 7.07. The van der Waals surface area contributed by atoms with Crippen LogP contribution in [0.5, 0.6) is 11.5 Å². The van der Waals surface area contributed by atoms with E-state index in [0.717, 1.165) is 25.7 Å². The fraction of sp³-hybridized carbons (Fsp3) is 0.393. The number of imidazole rings is 1. The molecule has 1 saturated carbocycles. The van der Waals surface area contributed by atoms with E-state index in [2.05, 4.69) is 21.7 Å². The number of likely N-dealkylation sites (tertiary alicyclic amines) is 1. The highest BCUT2D eigenvalue weighted by Crippen LogP contribution is 2.32. The predicted molar refractivity (Wildman–Crippen MR) is 149 cm³/mol. The summed E-state index contributed by atoms with van der Waals surface area (Å²) in [4.78, 5) is 36.3. The number of nitriles is 1. The van der Waals surface area contributed by atoms with Gasteiger partial charge in [-0.3, -0.25) is 14.0 Å². The van der Waals surface area contributed by atoms with Gasteiger partial charge in [0.15, 0.2) is 11.5 Å². The quantitative estimate of drug-likeness (QED) is 0.257. The van der Waals surface area contributed by atoms with Crippen molar-refractivity contribution < 1.29 is 19.1 Å². The van der Waals surface area contributed by atoms with Gasteiger partial charge in [-0.2, -0.15) is 10.2 Å². The molecule has 1 aliphatic heterocycles. The van der Waals surface area contributed by atoms with Crippen molar-refractivity contribution >= 4 is 34.9 Å². The number of methoxy groups -OCH3 is 2. The zero-order chi connectivity index (χ0) is 28.2. The fourth-order valence-electron chi connectivity index (χ4n) is 4.92. The average Bonchev–Trinajstić information content (AvgIpc) is 3.66. The van der Waals surface area contributed by atoms with Crippen LogP contribution in [-0.4, -0.2) is 64.9 Å². The molecular formula is C28H32N8O4. The maximum absolute atomic E-state index is 13.0. The maximum atomic E-state index is 13.0. The number of carbonyl (C=O) groups is 2. The monoisotopic (exact) mass is 544 g/mol. The van der Waals surface area contributed by atoms with Crippen molar-refractivity contribution in [2.24, 2.45) is 17.6 Å². The van der Waals surface area contributed by atoms with Gasteiger partial charge < -0.3 is 30.7 Å². The number of amides is 2. The average molecular weight is 545 g/mol. The molecule has 0 spiro atoms. The molecule has 40 heavy (non-hydrogen) atoms. The third-order valence-corrected chi connectivity index (χ3v) is 7.14. The van der Waals surface area contributed by atoms with Gasteiger partial charge in [-0.05, 0) is 37.5 Å². The lowest BCUT2D eigenvalue weighted by molar-refractivity contribution is -0.128. The van der Waals surface area contributed by atoms with Crippen molar-refractivity contribution in [3.8, 4) is 17.6 Å². The van der Waals surface area contributed by atoms with Crippen molar-refractivity contribution in [1.82, 2.24) is 19.3 Å². The summed E-state index contributed by atoms with van der Waals surface area (Å²) in [6, 6.07) is 7.32. The third-order valence-electron chi connectivity index (χ3n) is 7.14. The number of hydrogen-bond donors (Lipinski definition) is 3. The topological polar surface area (TPSA) is 160 Å². The minimum atomic E-state index is -0.679. The number of allylic oxidation sites excluding steroid dienone is 1. The van der Waals surface area contributed by atoms with E-state index in [0.29, 0.717) is 54.3 Å². The number of carbonyl (C=O) groups excluding carboxylic acids is 2. The molecule has 1 aromatic carbocycles.